The second kappa shape index (κ2) is 4.55. The van der Waals surface area contributed by atoms with Gasteiger partial charge in [0, 0.05) is 11.8 Å². The minimum Gasteiger partial charge on any atom is -0.454 e. The van der Waals surface area contributed by atoms with Gasteiger partial charge < -0.3 is 9.47 Å². The van der Waals surface area contributed by atoms with E-state index >= 15 is 0 Å². The molecule has 0 unspecified atom stereocenters. The maximum absolute atomic E-state index is 5.73. The molecule has 5 heteroatoms. The molecule has 0 saturated carbocycles. The van der Waals surface area contributed by atoms with Crippen molar-refractivity contribution in [2.45, 2.75) is 12.3 Å². The summed E-state index contributed by atoms with van der Waals surface area (Å²) in [6, 6.07) is 5.98. The maximum Gasteiger partial charge on any atom is 0.231 e. The third-order valence-corrected chi connectivity index (χ3v) is 3.70. The van der Waals surface area contributed by atoms with Crippen molar-refractivity contribution in [1.82, 2.24) is 4.98 Å². The molecule has 1 aliphatic rings. The number of thiazole rings is 1. The van der Waals surface area contributed by atoms with Gasteiger partial charge in [0.05, 0.1) is 16.6 Å². The van der Waals surface area contributed by atoms with Gasteiger partial charge in [0.1, 0.15) is 0 Å². The summed E-state index contributed by atoms with van der Waals surface area (Å²) in [4.78, 5) is 4.43. The Morgan fingerprint density at radius 1 is 1.29 bits per heavy atom. The van der Waals surface area contributed by atoms with Crippen molar-refractivity contribution in [2.24, 2.45) is 0 Å². The van der Waals surface area contributed by atoms with Crippen LogP contribution in [0.2, 0.25) is 0 Å². The van der Waals surface area contributed by atoms with E-state index in [4.69, 9.17) is 21.1 Å². The monoisotopic (exact) mass is 267 g/mol. The molecule has 2 heterocycles. The van der Waals surface area contributed by atoms with Crippen LogP contribution in [0.1, 0.15) is 16.3 Å². The second-order valence-corrected chi connectivity index (χ2v) is 4.94. The van der Waals surface area contributed by atoms with Crippen LogP contribution in [-0.2, 0) is 12.3 Å². The fourth-order valence-electron chi connectivity index (χ4n) is 1.72. The number of fused-ring (bicyclic) bond motifs is 1. The molecule has 0 spiro atoms. The number of rotatable bonds is 3. The molecule has 0 amide bonds. The van der Waals surface area contributed by atoms with E-state index in [1.54, 1.807) is 11.3 Å². The Balaban J connectivity index is 1.80. The molecular weight excluding hydrogens is 258 g/mol. The molecule has 0 saturated heterocycles. The minimum absolute atomic E-state index is 0.312. The SMILES string of the molecule is ClCc1csc(Cc2ccc3c(c2)OCO3)n1. The van der Waals surface area contributed by atoms with Gasteiger partial charge in [0.15, 0.2) is 11.5 Å². The van der Waals surface area contributed by atoms with E-state index in [0.717, 1.165) is 28.6 Å². The van der Waals surface area contributed by atoms with Crippen LogP contribution in [0.3, 0.4) is 0 Å². The summed E-state index contributed by atoms with van der Waals surface area (Å²) in [7, 11) is 0. The number of hydrogen-bond acceptors (Lipinski definition) is 4. The van der Waals surface area contributed by atoms with E-state index in [-0.39, 0.29) is 0 Å². The highest BCUT2D eigenvalue weighted by Crippen LogP contribution is 2.33. The second-order valence-electron chi connectivity index (χ2n) is 3.73. The highest BCUT2D eigenvalue weighted by Gasteiger charge is 2.13. The molecule has 3 nitrogen and oxygen atoms in total. The Morgan fingerprint density at radius 2 is 2.18 bits per heavy atom. The molecule has 0 radical (unpaired) electrons. The molecule has 88 valence electrons. The molecule has 3 rings (SSSR count). The smallest absolute Gasteiger partial charge is 0.231 e. The number of hydrogen-bond donors (Lipinski definition) is 0. The van der Waals surface area contributed by atoms with Crippen LogP contribution in [-0.4, -0.2) is 11.8 Å². The Kier molecular flexibility index (Phi) is 2.91. The van der Waals surface area contributed by atoms with Crippen LogP contribution in [0.25, 0.3) is 0 Å². The summed E-state index contributed by atoms with van der Waals surface area (Å²) in [6.45, 7) is 0.312. The van der Waals surface area contributed by atoms with Gasteiger partial charge in [0.2, 0.25) is 6.79 Å². The van der Waals surface area contributed by atoms with Crippen molar-refractivity contribution in [1.29, 1.82) is 0 Å². The highest BCUT2D eigenvalue weighted by molar-refractivity contribution is 7.09. The fourth-order valence-corrected chi connectivity index (χ4v) is 2.77. The van der Waals surface area contributed by atoms with Crippen LogP contribution in [0.15, 0.2) is 23.6 Å². The van der Waals surface area contributed by atoms with E-state index in [0.29, 0.717) is 12.7 Å². The van der Waals surface area contributed by atoms with Gasteiger partial charge in [-0.15, -0.1) is 22.9 Å². The maximum atomic E-state index is 5.73. The van der Waals surface area contributed by atoms with E-state index in [1.165, 1.54) is 5.56 Å². The lowest BCUT2D eigenvalue weighted by Gasteiger charge is -2.00. The lowest BCUT2D eigenvalue weighted by Crippen LogP contribution is -1.93. The lowest BCUT2D eigenvalue weighted by molar-refractivity contribution is 0.174. The number of ether oxygens (including phenoxy) is 2. The normalized spacial score (nSPS) is 13.0. The molecule has 0 fully saturated rings. The average Bonchev–Trinajstić information content (AvgIpc) is 2.96. The quantitative estimate of drug-likeness (QED) is 0.801. The van der Waals surface area contributed by atoms with Crippen LogP contribution in [0.5, 0.6) is 11.5 Å². The first-order chi connectivity index (χ1) is 8.35. The number of aromatic nitrogens is 1. The first-order valence-corrected chi connectivity index (χ1v) is 6.64. The third-order valence-electron chi connectivity index (χ3n) is 2.53. The number of halogens is 1. The van der Waals surface area contributed by atoms with E-state index in [1.807, 2.05) is 23.6 Å². The molecule has 1 aromatic heterocycles. The summed E-state index contributed by atoms with van der Waals surface area (Å²) >= 11 is 7.36. The van der Waals surface area contributed by atoms with Gasteiger partial charge in [-0.1, -0.05) is 6.07 Å². The van der Waals surface area contributed by atoms with Gasteiger partial charge in [-0.25, -0.2) is 4.98 Å². The van der Waals surface area contributed by atoms with Crippen molar-refractivity contribution in [2.75, 3.05) is 6.79 Å². The predicted octanol–water partition coefficient (Wildman–Crippen LogP) is 3.20. The zero-order chi connectivity index (χ0) is 11.7. The van der Waals surface area contributed by atoms with E-state index < -0.39 is 0 Å². The van der Waals surface area contributed by atoms with Crippen molar-refractivity contribution < 1.29 is 9.47 Å². The molecule has 0 bridgehead atoms. The lowest BCUT2D eigenvalue weighted by atomic mass is 10.1. The molecule has 1 aromatic carbocycles. The Hall–Kier alpha value is -1.26. The van der Waals surface area contributed by atoms with Crippen molar-refractivity contribution in [3.05, 3.63) is 39.8 Å². The summed E-state index contributed by atoms with van der Waals surface area (Å²) in [5.74, 6) is 2.10. The van der Waals surface area contributed by atoms with Crippen LogP contribution >= 0.6 is 22.9 Å². The Bertz CT molecular complexity index is 541. The van der Waals surface area contributed by atoms with Gasteiger partial charge in [0.25, 0.3) is 0 Å². The molecule has 1 aliphatic heterocycles. The van der Waals surface area contributed by atoms with Crippen molar-refractivity contribution >= 4 is 22.9 Å². The predicted molar refractivity (Wildman–Crippen MR) is 67.0 cm³/mol. The zero-order valence-corrected chi connectivity index (χ0v) is 10.6. The average molecular weight is 268 g/mol. The van der Waals surface area contributed by atoms with Gasteiger partial charge in [-0.05, 0) is 17.7 Å². The summed E-state index contributed by atoms with van der Waals surface area (Å²) in [5, 5.41) is 3.06. The topological polar surface area (TPSA) is 31.4 Å². The molecule has 2 aromatic rings. The molecule has 0 aliphatic carbocycles. The Morgan fingerprint density at radius 3 is 3.00 bits per heavy atom. The van der Waals surface area contributed by atoms with Gasteiger partial charge in [-0.3, -0.25) is 0 Å². The molecule has 17 heavy (non-hydrogen) atoms. The van der Waals surface area contributed by atoms with Crippen LogP contribution in [0.4, 0.5) is 0 Å². The minimum atomic E-state index is 0.312. The summed E-state index contributed by atoms with van der Waals surface area (Å²) < 4.78 is 10.6. The van der Waals surface area contributed by atoms with Gasteiger partial charge in [-0.2, -0.15) is 0 Å². The van der Waals surface area contributed by atoms with Crippen LogP contribution < -0.4 is 9.47 Å². The number of nitrogens with zero attached hydrogens (tertiary/aromatic N) is 1. The van der Waals surface area contributed by atoms with E-state index in [9.17, 15) is 0 Å². The summed E-state index contributed by atoms with van der Waals surface area (Å²) in [6.07, 6.45) is 0.804. The number of benzene rings is 1. The van der Waals surface area contributed by atoms with Crippen LogP contribution in [0, 0.1) is 0 Å². The van der Waals surface area contributed by atoms with Gasteiger partial charge >= 0.3 is 0 Å². The number of alkyl halides is 1. The van der Waals surface area contributed by atoms with Crippen molar-refractivity contribution in [3.8, 4) is 11.5 Å². The third kappa shape index (κ3) is 2.23. The summed E-state index contributed by atoms with van der Waals surface area (Å²) in [5.41, 5.74) is 2.11. The molecule has 0 atom stereocenters. The zero-order valence-electron chi connectivity index (χ0n) is 8.98. The Labute approximate surface area is 108 Å². The molecular formula is C12H10ClNO2S. The first kappa shape index (κ1) is 10.9. The largest absolute Gasteiger partial charge is 0.454 e. The first-order valence-electron chi connectivity index (χ1n) is 5.23. The van der Waals surface area contributed by atoms with Crippen molar-refractivity contribution in [3.63, 3.8) is 0 Å². The highest BCUT2D eigenvalue weighted by atomic mass is 35.5. The standard InChI is InChI=1S/C12H10ClNO2S/c13-5-9-6-17-12(14-9)4-8-1-2-10-11(3-8)16-7-15-10/h1-3,6H,4-5,7H2. The molecule has 0 N–H and O–H groups in total. The van der Waals surface area contributed by atoms with E-state index in [2.05, 4.69) is 4.98 Å². The fraction of sp³-hybridized carbons (Fsp3) is 0.250.